The van der Waals surface area contributed by atoms with Crippen molar-refractivity contribution >= 4 is 34.2 Å². The van der Waals surface area contributed by atoms with Gasteiger partial charge < -0.3 is 20.4 Å². The predicted molar refractivity (Wildman–Crippen MR) is 121 cm³/mol. The Kier molecular flexibility index (Phi) is 6.70. The number of H-pyrrole nitrogens is 1. The molecule has 11 heteroatoms. The molecule has 1 unspecified atom stereocenters. The Balaban J connectivity index is 1.69. The number of rotatable bonds is 6. The van der Waals surface area contributed by atoms with Crippen LogP contribution in [-0.2, 0) is 16.1 Å². The molecule has 1 atom stereocenters. The van der Waals surface area contributed by atoms with Gasteiger partial charge in [0, 0.05) is 18.4 Å². The second-order valence-corrected chi connectivity index (χ2v) is 7.80. The minimum atomic E-state index is -4.67. The summed E-state index contributed by atoms with van der Waals surface area (Å²) < 4.78 is 59.3. The summed E-state index contributed by atoms with van der Waals surface area (Å²) in [5.74, 6) is -3.32. The van der Waals surface area contributed by atoms with Crippen LogP contribution in [0.5, 0.6) is 0 Å². The van der Waals surface area contributed by atoms with Crippen molar-refractivity contribution in [2.24, 2.45) is 5.92 Å². The van der Waals surface area contributed by atoms with E-state index in [0.717, 1.165) is 6.08 Å². The highest BCUT2D eigenvalue weighted by Gasteiger charge is 2.41. The summed E-state index contributed by atoms with van der Waals surface area (Å²) in [5.41, 5.74) is -0.412. The first-order valence-electron chi connectivity index (χ1n) is 10.5. The van der Waals surface area contributed by atoms with Crippen LogP contribution in [0.25, 0.3) is 11.0 Å². The van der Waals surface area contributed by atoms with Gasteiger partial charge in [-0.05, 0) is 30.7 Å². The standard InChI is InChI=1S/C24H20F4N4O3/c1-35-12-20-30-19-11-13(29-22(33)14-6-2-3-7-16(14)24(26,27)28)10-15(21(19)32-20)23(34)31-18-9-5-4-8-17(18)25/h2-5,7-11,14H,6,12H2,1H3,(H,29,33)(H,30,32)(H,31,34). The molecular formula is C24H20F4N4O3. The summed E-state index contributed by atoms with van der Waals surface area (Å²) in [6, 6.07) is 8.29. The molecule has 3 aromatic rings. The monoisotopic (exact) mass is 488 g/mol. The lowest BCUT2D eigenvalue weighted by Gasteiger charge is -2.23. The summed E-state index contributed by atoms with van der Waals surface area (Å²) in [6.07, 6.45) is -1.19. The molecule has 0 radical (unpaired) electrons. The number of ether oxygens (including phenoxy) is 1. The Morgan fingerprint density at radius 2 is 1.97 bits per heavy atom. The van der Waals surface area contributed by atoms with E-state index in [0.29, 0.717) is 11.3 Å². The lowest BCUT2D eigenvalue weighted by molar-refractivity contribution is -0.126. The van der Waals surface area contributed by atoms with Gasteiger partial charge in [-0.1, -0.05) is 30.4 Å². The first-order valence-corrected chi connectivity index (χ1v) is 10.5. The number of para-hydroxylation sites is 1. The number of aromatic nitrogens is 2. The van der Waals surface area contributed by atoms with Crippen LogP contribution in [0.3, 0.4) is 0 Å². The number of methoxy groups -OCH3 is 1. The molecule has 182 valence electrons. The number of alkyl halides is 3. The smallest absolute Gasteiger partial charge is 0.377 e. The lowest BCUT2D eigenvalue weighted by Crippen LogP contribution is -2.31. The number of allylic oxidation sites excluding steroid dienone is 3. The highest BCUT2D eigenvalue weighted by Crippen LogP contribution is 2.36. The molecule has 1 aliphatic rings. The largest absolute Gasteiger partial charge is 0.413 e. The zero-order valence-electron chi connectivity index (χ0n) is 18.4. The number of benzene rings is 2. The van der Waals surface area contributed by atoms with Crippen molar-refractivity contribution in [3.05, 3.63) is 77.4 Å². The summed E-state index contributed by atoms with van der Waals surface area (Å²) in [7, 11) is 1.45. The number of carbonyl (C=O) groups excluding carboxylic acids is 2. The first-order chi connectivity index (χ1) is 16.7. The van der Waals surface area contributed by atoms with Gasteiger partial charge >= 0.3 is 6.18 Å². The van der Waals surface area contributed by atoms with E-state index in [1.807, 2.05) is 0 Å². The van der Waals surface area contributed by atoms with Crippen LogP contribution in [0.1, 0.15) is 22.6 Å². The van der Waals surface area contributed by atoms with Crippen molar-refractivity contribution in [1.29, 1.82) is 0 Å². The van der Waals surface area contributed by atoms with Gasteiger partial charge in [0.1, 0.15) is 23.8 Å². The average Bonchev–Trinajstić information content (AvgIpc) is 3.22. The topological polar surface area (TPSA) is 96.1 Å². The molecule has 0 aliphatic heterocycles. The second-order valence-electron chi connectivity index (χ2n) is 7.80. The van der Waals surface area contributed by atoms with E-state index in [4.69, 9.17) is 4.74 Å². The van der Waals surface area contributed by atoms with Gasteiger partial charge in [-0.25, -0.2) is 9.37 Å². The van der Waals surface area contributed by atoms with Crippen LogP contribution in [0, 0.1) is 11.7 Å². The number of hydrogen-bond acceptors (Lipinski definition) is 4. The number of nitrogens with one attached hydrogen (secondary N) is 3. The first kappa shape index (κ1) is 24.1. The number of amides is 2. The van der Waals surface area contributed by atoms with E-state index in [9.17, 15) is 27.2 Å². The van der Waals surface area contributed by atoms with Gasteiger partial charge in [0.15, 0.2) is 0 Å². The Morgan fingerprint density at radius 1 is 1.20 bits per heavy atom. The molecule has 0 spiro atoms. The molecule has 7 nitrogen and oxygen atoms in total. The zero-order chi connectivity index (χ0) is 25.2. The number of carbonyl (C=O) groups is 2. The zero-order valence-corrected chi connectivity index (χ0v) is 18.4. The van der Waals surface area contributed by atoms with Gasteiger partial charge in [0.05, 0.1) is 22.7 Å². The van der Waals surface area contributed by atoms with Crippen LogP contribution in [0.2, 0.25) is 0 Å². The van der Waals surface area contributed by atoms with Crippen molar-refractivity contribution in [2.45, 2.75) is 19.2 Å². The second kappa shape index (κ2) is 9.71. The molecule has 0 saturated carbocycles. The maximum atomic E-state index is 14.1. The summed E-state index contributed by atoms with van der Waals surface area (Å²) in [5, 5.41) is 4.92. The van der Waals surface area contributed by atoms with Crippen molar-refractivity contribution in [1.82, 2.24) is 9.97 Å². The SMILES string of the molecule is COCc1nc2c(C(=O)Nc3ccccc3F)cc(NC(=O)C3CC=CC=C3C(F)(F)F)cc2[nH]1. The van der Waals surface area contributed by atoms with Gasteiger partial charge in [-0.3, -0.25) is 9.59 Å². The number of fused-ring (bicyclic) bond motifs is 1. The minimum absolute atomic E-state index is 0.0187. The fourth-order valence-corrected chi connectivity index (χ4v) is 3.77. The molecule has 0 saturated heterocycles. The fraction of sp³-hybridized carbons (Fsp3) is 0.208. The Hall–Kier alpha value is -3.99. The van der Waals surface area contributed by atoms with Crippen molar-refractivity contribution in [2.75, 3.05) is 17.7 Å². The van der Waals surface area contributed by atoms with Crippen molar-refractivity contribution in [3.8, 4) is 0 Å². The van der Waals surface area contributed by atoms with Crippen molar-refractivity contribution in [3.63, 3.8) is 0 Å². The summed E-state index contributed by atoms with van der Waals surface area (Å²) >= 11 is 0. The molecule has 0 bridgehead atoms. The van der Waals surface area contributed by atoms with E-state index in [2.05, 4.69) is 20.6 Å². The third-order valence-electron chi connectivity index (χ3n) is 5.35. The van der Waals surface area contributed by atoms with Gasteiger partial charge in [0.2, 0.25) is 5.91 Å². The number of anilines is 2. The van der Waals surface area contributed by atoms with E-state index in [-0.39, 0.29) is 35.5 Å². The highest BCUT2D eigenvalue weighted by atomic mass is 19.4. The van der Waals surface area contributed by atoms with Gasteiger partial charge in [0.25, 0.3) is 5.91 Å². The fourth-order valence-electron chi connectivity index (χ4n) is 3.77. The van der Waals surface area contributed by atoms with Crippen LogP contribution in [0.15, 0.2) is 60.2 Å². The maximum Gasteiger partial charge on any atom is 0.413 e. The number of hydrogen-bond donors (Lipinski definition) is 3. The molecule has 1 heterocycles. The summed E-state index contributed by atoms with van der Waals surface area (Å²) in [4.78, 5) is 33.1. The molecule has 0 fully saturated rings. The lowest BCUT2D eigenvalue weighted by atomic mass is 9.90. The van der Waals surface area contributed by atoms with E-state index < -0.39 is 35.3 Å². The molecule has 2 amide bonds. The molecule has 1 aromatic heterocycles. The molecule has 3 N–H and O–H groups in total. The van der Waals surface area contributed by atoms with Crippen molar-refractivity contribution < 1.29 is 31.9 Å². The van der Waals surface area contributed by atoms with Crippen LogP contribution < -0.4 is 10.6 Å². The quantitative estimate of drug-likeness (QED) is 0.421. The highest BCUT2D eigenvalue weighted by molar-refractivity contribution is 6.13. The number of nitrogens with zero attached hydrogens (tertiary/aromatic N) is 1. The number of aromatic amines is 1. The van der Waals surface area contributed by atoms with E-state index in [1.165, 1.54) is 49.6 Å². The van der Waals surface area contributed by atoms with E-state index >= 15 is 0 Å². The van der Waals surface area contributed by atoms with Crippen LogP contribution >= 0.6 is 0 Å². The van der Waals surface area contributed by atoms with E-state index in [1.54, 1.807) is 6.07 Å². The normalized spacial score (nSPS) is 15.7. The number of halogens is 4. The van der Waals surface area contributed by atoms with Crippen LogP contribution in [-0.4, -0.2) is 35.1 Å². The Morgan fingerprint density at radius 3 is 2.69 bits per heavy atom. The predicted octanol–water partition coefficient (Wildman–Crippen LogP) is 5.10. The average molecular weight is 488 g/mol. The van der Waals surface area contributed by atoms with Gasteiger partial charge in [-0.2, -0.15) is 13.2 Å². The maximum absolute atomic E-state index is 14.1. The molecule has 35 heavy (non-hydrogen) atoms. The Labute approximate surface area is 196 Å². The third-order valence-corrected chi connectivity index (χ3v) is 5.35. The molecular weight excluding hydrogens is 468 g/mol. The van der Waals surface area contributed by atoms with Crippen LogP contribution in [0.4, 0.5) is 28.9 Å². The molecule has 1 aliphatic carbocycles. The minimum Gasteiger partial charge on any atom is -0.377 e. The molecule has 2 aromatic carbocycles. The number of imidazole rings is 1. The Bertz CT molecular complexity index is 1340. The van der Waals surface area contributed by atoms with Gasteiger partial charge in [-0.15, -0.1) is 0 Å². The molecule has 4 rings (SSSR count). The summed E-state index contributed by atoms with van der Waals surface area (Å²) in [6.45, 7) is 0.0961. The third kappa shape index (κ3) is 5.24.